The number of amides is 1. The Morgan fingerprint density at radius 3 is 2.16 bits per heavy atom. The molecule has 0 atom stereocenters. The highest BCUT2D eigenvalue weighted by atomic mass is 32.2. The summed E-state index contributed by atoms with van der Waals surface area (Å²) >= 11 is 0. The van der Waals surface area contributed by atoms with Crippen molar-refractivity contribution in [2.45, 2.75) is 34.2 Å². The van der Waals surface area contributed by atoms with Crippen LogP contribution in [-0.2, 0) is 16.6 Å². The third-order valence-corrected chi connectivity index (χ3v) is 7.63. The first-order chi connectivity index (χ1) is 18.1. The minimum absolute atomic E-state index is 0.204. The lowest BCUT2D eigenvalue weighted by atomic mass is 10.1. The molecule has 0 bridgehead atoms. The number of benzene rings is 3. The first-order valence-electron chi connectivity index (χ1n) is 12.3. The Balaban J connectivity index is 1.48. The van der Waals surface area contributed by atoms with Crippen molar-refractivity contribution in [3.8, 4) is 5.69 Å². The van der Waals surface area contributed by atoms with E-state index in [1.165, 1.54) is 21.7 Å². The first kappa shape index (κ1) is 26.9. The molecule has 4 rings (SSSR count). The van der Waals surface area contributed by atoms with E-state index in [0.29, 0.717) is 11.3 Å². The molecule has 4 aromatic rings. The van der Waals surface area contributed by atoms with E-state index in [1.807, 2.05) is 50.2 Å². The van der Waals surface area contributed by atoms with E-state index in [2.05, 4.69) is 47.1 Å². The standard InChI is InChI=1S/C30H32N4O3S/c1-21-10-9-11-22(2)29(21)34-23(3)18-27(24(34)4)19-31-32-30(35)26-14-16-28(17-15-26)33(38(5,36)37)20-25-12-7-6-8-13-25/h6-19H,20H2,1-5H3,(H,32,35)/b31-19-. The van der Waals surface area contributed by atoms with Crippen molar-refractivity contribution in [3.05, 3.63) is 118 Å². The van der Waals surface area contributed by atoms with Crippen molar-refractivity contribution in [2.75, 3.05) is 10.6 Å². The second-order valence-corrected chi connectivity index (χ2v) is 11.3. The van der Waals surface area contributed by atoms with E-state index in [9.17, 15) is 13.2 Å². The fourth-order valence-corrected chi connectivity index (χ4v) is 5.46. The molecule has 0 spiro atoms. The second-order valence-electron chi connectivity index (χ2n) is 9.40. The van der Waals surface area contributed by atoms with Gasteiger partial charge in [-0.2, -0.15) is 5.10 Å². The molecule has 0 aliphatic heterocycles. The van der Waals surface area contributed by atoms with E-state index in [0.717, 1.165) is 28.2 Å². The summed E-state index contributed by atoms with van der Waals surface area (Å²) in [5.41, 5.74) is 10.8. The number of hydrogen-bond acceptors (Lipinski definition) is 4. The molecule has 8 heteroatoms. The molecule has 0 radical (unpaired) electrons. The van der Waals surface area contributed by atoms with Gasteiger partial charge in [-0.15, -0.1) is 0 Å². The molecular formula is C30H32N4O3S. The van der Waals surface area contributed by atoms with Crippen molar-refractivity contribution in [3.63, 3.8) is 0 Å². The van der Waals surface area contributed by atoms with Gasteiger partial charge in [0.15, 0.2) is 0 Å². The molecule has 0 aliphatic carbocycles. The first-order valence-corrected chi connectivity index (χ1v) is 14.1. The smallest absolute Gasteiger partial charge is 0.271 e. The van der Waals surface area contributed by atoms with E-state index in [4.69, 9.17) is 0 Å². The van der Waals surface area contributed by atoms with Gasteiger partial charge in [-0.05, 0) is 74.7 Å². The number of carbonyl (C=O) groups excluding carboxylic acids is 1. The Labute approximate surface area is 224 Å². The fourth-order valence-electron chi connectivity index (χ4n) is 4.57. The van der Waals surface area contributed by atoms with Crippen molar-refractivity contribution < 1.29 is 13.2 Å². The van der Waals surface area contributed by atoms with Crippen LogP contribution in [0.4, 0.5) is 5.69 Å². The molecule has 0 saturated carbocycles. The van der Waals surface area contributed by atoms with Crippen LogP contribution in [0.25, 0.3) is 5.69 Å². The van der Waals surface area contributed by atoms with Gasteiger partial charge in [0.1, 0.15) is 0 Å². The van der Waals surface area contributed by atoms with Gasteiger partial charge in [0, 0.05) is 22.5 Å². The Morgan fingerprint density at radius 2 is 1.55 bits per heavy atom. The van der Waals surface area contributed by atoms with Crippen molar-refractivity contribution in [2.24, 2.45) is 5.10 Å². The lowest BCUT2D eigenvalue weighted by Crippen LogP contribution is -2.29. The topological polar surface area (TPSA) is 83.8 Å². The lowest BCUT2D eigenvalue weighted by molar-refractivity contribution is 0.0955. The number of carbonyl (C=O) groups is 1. The van der Waals surface area contributed by atoms with Crippen LogP contribution in [0.1, 0.15) is 44.0 Å². The van der Waals surface area contributed by atoms with Crippen LogP contribution >= 0.6 is 0 Å². The highest BCUT2D eigenvalue weighted by Crippen LogP contribution is 2.25. The molecule has 0 aliphatic rings. The number of sulfonamides is 1. The van der Waals surface area contributed by atoms with Crippen LogP contribution in [-0.4, -0.2) is 31.4 Å². The van der Waals surface area contributed by atoms with E-state index in [1.54, 1.807) is 30.5 Å². The molecule has 1 aromatic heterocycles. The Hall–Kier alpha value is -4.17. The second kappa shape index (κ2) is 11.1. The van der Waals surface area contributed by atoms with Gasteiger partial charge in [0.25, 0.3) is 5.91 Å². The molecule has 7 nitrogen and oxygen atoms in total. The van der Waals surface area contributed by atoms with Gasteiger partial charge in [-0.1, -0.05) is 48.5 Å². The molecule has 1 heterocycles. The monoisotopic (exact) mass is 528 g/mol. The molecular weight excluding hydrogens is 496 g/mol. The third kappa shape index (κ3) is 5.86. The summed E-state index contributed by atoms with van der Waals surface area (Å²) < 4.78 is 28.4. The number of anilines is 1. The Morgan fingerprint density at radius 1 is 0.921 bits per heavy atom. The largest absolute Gasteiger partial charge is 0.317 e. The number of nitrogens with zero attached hydrogens (tertiary/aromatic N) is 3. The predicted molar refractivity (Wildman–Crippen MR) is 154 cm³/mol. The molecule has 38 heavy (non-hydrogen) atoms. The van der Waals surface area contributed by atoms with E-state index in [-0.39, 0.29) is 12.5 Å². The predicted octanol–water partition coefficient (Wildman–Crippen LogP) is 5.44. The van der Waals surface area contributed by atoms with Gasteiger partial charge in [-0.25, -0.2) is 13.8 Å². The highest BCUT2D eigenvalue weighted by Gasteiger charge is 2.18. The maximum atomic E-state index is 12.7. The van der Waals surface area contributed by atoms with Gasteiger partial charge in [0.2, 0.25) is 10.0 Å². The molecule has 196 valence electrons. The Kier molecular flexibility index (Phi) is 7.83. The SMILES string of the molecule is Cc1cccc(C)c1-n1c(C)cc(/C=N\NC(=O)c2ccc(N(Cc3ccccc3)S(C)(=O)=O)cc2)c1C. The van der Waals surface area contributed by atoms with Gasteiger partial charge in [-0.3, -0.25) is 9.10 Å². The summed E-state index contributed by atoms with van der Waals surface area (Å²) in [6.07, 6.45) is 2.81. The quantitative estimate of drug-likeness (QED) is 0.244. The molecule has 1 amide bonds. The number of hydrazone groups is 1. The average molecular weight is 529 g/mol. The van der Waals surface area contributed by atoms with E-state index >= 15 is 0 Å². The molecule has 1 N–H and O–H groups in total. The zero-order valence-corrected chi connectivity index (χ0v) is 23.1. The maximum Gasteiger partial charge on any atom is 0.271 e. The molecule has 0 fully saturated rings. The summed E-state index contributed by atoms with van der Waals surface area (Å²) in [7, 11) is -3.52. The molecule has 0 saturated heterocycles. The number of aromatic nitrogens is 1. The van der Waals surface area contributed by atoms with Gasteiger partial charge >= 0.3 is 0 Å². The van der Waals surface area contributed by atoms with Crippen molar-refractivity contribution >= 4 is 27.8 Å². The van der Waals surface area contributed by atoms with Crippen molar-refractivity contribution in [1.29, 1.82) is 0 Å². The summed E-state index contributed by atoms with van der Waals surface area (Å²) in [6.45, 7) is 8.47. The molecule has 3 aromatic carbocycles. The third-order valence-electron chi connectivity index (χ3n) is 6.49. The average Bonchev–Trinajstić information content (AvgIpc) is 3.15. The highest BCUT2D eigenvalue weighted by molar-refractivity contribution is 7.92. The zero-order valence-electron chi connectivity index (χ0n) is 22.3. The maximum absolute atomic E-state index is 12.7. The minimum Gasteiger partial charge on any atom is -0.317 e. The molecule has 0 unspecified atom stereocenters. The minimum atomic E-state index is -3.52. The van der Waals surface area contributed by atoms with Crippen LogP contribution in [0.15, 0.2) is 84.0 Å². The van der Waals surface area contributed by atoms with Crippen LogP contribution < -0.4 is 9.73 Å². The summed E-state index contributed by atoms with van der Waals surface area (Å²) in [5.74, 6) is -0.384. The normalized spacial score (nSPS) is 11.6. The zero-order chi connectivity index (χ0) is 27.4. The van der Waals surface area contributed by atoms with Crippen LogP contribution in [0.5, 0.6) is 0 Å². The fraction of sp³-hybridized carbons (Fsp3) is 0.200. The van der Waals surface area contributed by atoms with Crippen LogP contribution in [0, 0.1) is 27.7 Å². The number of hydrogen-bond donors (Lipinski definition) is 1. The van der Waals surface area contributed by atoms with Crippen LogP contribution in [0.3, 0.4) is 0 Å². The number of para-hydroxylation sites is 1. The van der Waals surface area contributed by atoms with E-state index < -0.39 is 10.0 Å². The van der Waals surface area contributed by atoms with Crippen LogP contribution in [0.2, 0.25) is 0 Å². The lowest BCUT2D eigenvalue weighted by Gasteiger charge is -2.22. The van der Waals surface area contributed by atoms with Crippen molar-refractivity contribution in [1.82, 2.24) is 9.99 Å². The summed E-state index contributed by atoms with van der Waals surface area (Å²) in [6, 6.07) is 24.1. The summed E-state index contributed by atoms with van der Waals surface area (Å²) in [5, 5.41) is 4.18. The number of aryl methyl sites for hydroxylation is 3. The van der Waals surface area contributed by atoms with Gasteiger partial charge in [0.05, 0.1) is 30.4 Å². The summed E-state index contributed by atoms with van der Waals surface area (Å²) in [4.78, 5) is 12.7. The van der Waals surface area contributed by atoms with Gasteiger partial charge < -0.3 is 4.57 Å². The number of rotatable bonds is 8. The number of nitrogens with one attached hydrogen (secondary N) is 1. The Bertz CT molecular complexity index is 1570.